The minimum Gasteiger partial charge on any atom is -0.313 e. The summed E-state index contributed by atoms with van der Waals surface area (Å²) in [6.07, 6.45) is 5.76. The first kappa shape index (κ1) is 5.72. The average Bonchev–Trinajstić information content (AvgIpc) is 2.22. The molecule has 0 aromatic rings. The van der Waals surface area contributed by atoms with Crippen LogP contribution in [-0.4, -0.2) is 12.6 Å². The summed E-state index contributed by atoms with van der Waals surface area (Å²) in [5.74, 6) is 0. The topological polar surface area (TPSA) is 12.0 Å². The van der Waals surface area contributed by atoms with Gasteiger partial charge in [-0.05, 0) is 31.2 Å². The van der Waals surface area contributed by atoms with Crippen LogP contribution in [0.3, 0.4) is 0 Å². The normalized spacial score (nSPS) is 49.7. The molecule has 0 spiro atoms. The fourth-order valence-corrected chi connectivity index (χ4v) is 2.41. The molecule has 0 amide bonds. The maximum Gasteiger partial charge on any atom is 0.0121 e. The maximum absolute atomic E-state index is 3.56. The molecule has 2 aliphatic rings. The summed E-state index contributed by atoms with van der Waals surface area (Å²) in [7, 11) is 0. The van der Waals surface area contributed by atoms with Crippen LogP contribution in [0.1, 0.15) is 32.6 Å². The first-order valence-corrected chi connectivity index (χ1v) is 4.05. The molecule has 1 saturated carbocycles. The van der Waals surface area contributed by atoms with Crippen molar-refractivity contribution in [3.05, 3.63) is 0 Å². The molecule has 1 aliphatic carbocycles. The molecule has 1 N–H and O–H groups in total. The number of fused-ring (bicyclic) bond motifs is 1. The minimum atomic E-state index is 0.694. The third kappa shape index (κ3) is 0.710. The monoisotopic (exact) mass is 125 g/mol. The molecular weight excluding hydrogens is 110 g/mol. The summed E-state index contributed by atoms with van der Waals surface area (Å²) in [5, 5.41) is 3.56. The Morgan fingerprint density at radius 2 is 2.33 bits per heavy atom. The molecular formula is C8H15N. The highest BCUT2D eigenvalue weighted by atomic mass is 15.0. The van der Waals surface area contributed by atoms with Gasteiger partial charge in [0.05, 0.1) is 0 Å². The molecule has 1 heteroatoms. The Balaban J connectivity index is 2.17. The predicted octanol–water partition coefficient (Wildman–Crippen LogP) is 1.54. The van der Waals surface area contributed by atoms with Gasteiger partial charge in [0.2, 0.25) is 0 Å². The number of rotatable bonds is 0. The van der Waals surface area contributed by atoms with Crippen LogP contribution in [0.2, 0.25) is 0 Å². The molecule has 52 valence electrons. The molecule has 2 atom stereocenters. The molecule has 0 radical (unpaired) electrons. The number of hydrogen-bond acceptors (Lipinski definition) is 1. The molecule has 0 aromatic carbocycles. The van der Waals surface area contributed by atoms with Gasteiger partial charge in [0.1, 0.15) is 0 Å². The van der Waals surface area contributed by atoms with Crippen LogP contribution in [0.5, 0.6) is 0 Å². The summed E-state index contributed by atoms with van der Waals surface area (Å²) in [6.45, 7) is 3.70. The van der Waals surface area contributed by atoms with E-state index in [-0.39, 0.29) is 0 Å². The van der Waals surface area contributed by atoms with Crippen molar-refractivity contribution < 1.29 is 0 Å². The Kier molecular flexibility index (Phi) is 1.10. The summed E-state index contributed by atoms with van der Waals surface area (Å²) >= 11 is 0. The molecule has 1 saturated heterocycles. The van der Waals surface area contributed by atoms with Gasteiger partial charge >= 0.3 is 0 Å². The van der Waals surface area contributed by atoms with Gasteiger partial charge in [-0.1, -0.05) is 13.3 Å². The average molecular weight is 125 g/mol. The molecule has 0 bridgehead atoms. The Bertz CT molecular complexity index is 110. The Morgan fingerprint density at radius 1 is 1.44 bits per heavy atom. The van der Waals surface area contributed by atoms with Crippen molar-refractivity contribution in [2.24, 2.45) is 5.41 Å². The van der Waals surface area contributed by atoms with Gasteiger partial charge in [-0.2, -0.15) is 0 Å². The van der Waals surface area contributed by atoms with Crippen LogP contribution in [0.4, 0.5) is 0 Å². The lowest BCUT2D eigenvalue weighted by molar-refractivity contribution is 0.324. The van der Waals surface area contributed by atoms with Crippen molar-refractivity contribution in [1.29, 1.82) is 0 Å². The third-order valence-corrected chi connectivity index (χ3v) is 3.17. The van der Waals surface area contributed by atoms with Crippen molar-refractivity contribution >= 4 is 0 Å². The lowest BCUT2D eigenvalue weighted by Gasteiger charge is -2.21. The third-order valence-electron chi connectivity index (χ3n) is 3.17. The SMILES string of the molecule is C[C@]12CCC[C@H]1NCC2. The standard InChI is InChI=1S/C8H15N/c1-8-4-2-3-7(8)9-6-5-8/h7,9H,2-6H2,1H3/t7-,8-/m1/s1. The van der Waals surface area contributed by atoms with Gasteiger partial charge in [-0.25, -0.2) is 0 Å². The summed E-state index contributed by atoms with van der Waals surface area (Å²) in [6, 6.07) is 0.873. The van der Waals surface area contributed by atoms with Crippen molar-refractivity contribution in [2.45, 2.75) is 38.6 Å². The zero-order chi connectivity index (χ0) is 6.32. The molecule has 0 unspecified atom stereocenters. The van der Waals surface area contributed by atoms with Crippen LogP contribution in [0.25, 0.3) is 0 Å². The van der Waals surface area contributed by atoms with Crippen molar-refractivity contribution in [3.8, 4) is 0 Å². The van der Waals surface area contributed by atoms with Gasteiger partial charge in [0.15, 0.2) is 0 Å². The van der Waals surface area contributed by atoms with Crippen molar-refractivity contribution in [3.63, 3.8) is 0 Å². The van der Waals surface area contributed by atoms with Crippen LogP contribution in [-0.2, 0) is 0 Å². The van der Waals surface area contributed by atoms with Crippen molar-refractivity contribution in [2.75, 3.05) is 6.54 Å². The highest BCUT2D eigenvalue weighted by Gasteiger charge is 2.41. The van der Waals surface area contributed by atoms with Gasteiger partial charge < -0.3 is 5.32 Å². The van der Waals surface area contributed by atoms with Gasteiger partial charge in [-0.3, -0.25) is 0 Å². The predicted molar refractivity (Wildman–Crippen MR) is 38.4 cm³/mol. The lowest BCUT2D eigenvalue weighted by atomic mass is 9.85. The van der Waals surface area contributed by atoms with Crippen LogP contribution < -0.4 is 5.32 Å². The molecule has 9 heavy (non-hydrogen) atoms. The van der Waals surface area contributed by atoms with E-state index in [0.717, 1.165) is 6.04 Å². The molecule has 0 aromatic heterocycles. The van der Waals surface area contributed by atoms with Gasteiger partial charge in [0.25, 0.3) is 0 Å². The number of nitrogens with one attached hydrogen (secondary N) is 1. The van der Waals surface area contributed by atoms with E-state index in [1.165, 1.54) is 32.2 Å². The second-order valence-electron chi connectivity index (χ2n) is 3.80. The van der Waals surface area contributed by atoms with E-state index in [9.17, 15) is 0 Å². The summed E-state index contributed by atoms with van der Waals surface area (Å²) in [5.41, 5.74) is 0.694. The molecule has 1 nitrogen and oxygen atoms in total. The molecule has 1 heterocycles. The molecule has 2 fully saturated rings. The lowest BCUT2D eigenvalue weighted by Crippen LogP contribution is -2.28. The van der Waals surface area contributed by atoms with E-state index in [2.05, 4.69) is 12.2 Å². The van der Waals surface area contributed by atoms with Crippen LogP contribution in [0.15, 0.2) is 0 Å². The van der Waals surface area contributed by atoms with E-state index in [1.54, 1.807) is 0 Å². The smallest absolute Gasteiger partial charge is 0.0121 e. The quantitative estimate of drug-likeness (QED) is 0.518. The summed E-state index contributed by atoms with van der Waals surface area (Å²) < 4.78 is 0. The Labute approximate surface area is 56.8 Å². The minimum absolute atomic E-state index is 0.694. The second kappa shape index (κ2) is 1.72. The second-order valence-corrected chi connectivity index (χ2v) is 3.80. The van der Waals surface area contributed by atoms with Gasteiger partial charge in [0, 0.05) is 6.04 Å². The van der Waals surface area contributed by atoms with E-state index >= 15 is 0 Å². The maximum atomic E-state index is 3.56. The fourth-order valence-electron chi connectivity index (χ4n) is 2.41. The zero-order valence-electron chi connectivity index (χ0n) is 6.11. The number of hydrogen-bond donors (Lipinski definition) is 1. The Hall–Kier alpha value is -0.0400. The van der Waals surface area contributed by atoms with Crippen molar-refractivity contribution in [1.82, 2.24) is 5.32 Å². The van der Waals surface area contributed by atoms with E-state index < -0.39 is 0 Å². The van der Waals surface area contributed by atoms with Gasteiger partial charge in [-0.15, -0.1) is 0 Å². The van der Waals surface area contributed by atoms with E-state index in [0.29, 0.717) is 5.41 Å². The summed E-state index contributed by atoms with van der Waals surface area (Å²) in [4.78, 5) is 0. The van der Waals surface area contributed by atoms with Crippen LogP contribution >= 0.6 is 0 Å². The highest BCUT2D eigenvalue weighted by Crippen LogP contribution is 2.43. The fraction of sp³-hybridized carbons (Fsp3) is 1.00. The van der Waals surface area contributed by atoms with E-state index in [4.69, 9.17) is 0 Å². The molecule has 2 rings (SSSR count). The van der Waals surface area contributed by atoms with E-state index in [1.807, 2.05) is 0 Å². The Morgan fingerprint density at radius 3 is 3.11 bits per heavy atom. The largest absolute Gasteiger partial charge is 0.313 e. The first-order valence-electron chi connectivity index (χ1n) is 4.05. The first-order chi connectivity index (χ1) is 4.31. The highest BCUT2D eigenvalue weighted by molar-refractivity contribution is 4.98. The van der Waals surface area contributed by atoms with Crippen LogP contribution in [0, 0.1) is 5.41 Å². The molecule has 1 aliphatic heterocycles. The zero-order valence-corrected chi connectivity index (χ0v) is 6.11.